The maximum Gasteiger partial charge on any atom is 0.471 e. The van der Waals surface area contributed by atoms with Crippen molar-refractivity contribution in [3.8, 4) is 0 Å². The Morgan fingerprint density at radius 2 is 1.50 bits per heavy atom. The number of alkyl halides is 3. The first-order valence-electron chi connectivity index (χ1n) is 5.48. The molecule has 0 radical (unpaired) electrons. The summed E-state index contributed by atoms with van der Waals surface area (Å²) in [6.07, 6.45) is -5.02. The third-order valence-electron chi connectivity index (χ3n) is 2.00. The van der Waals surface area contributed by atoms with Crippen LogP contribution in [0.3, 0.4) is 0 Å². The predicted octanol–water partition coefficient (Wildman–Crippen LogP) is 1.10. The molecule has 0 fully saturated rings. The van der Waals surface area contributed by atoms with Crippen LogP contribution in [0.1, 0.15) is 20.8 Å². The summed E-state index contributed by atoms with van der Waals surface area (Å²) >= 11 is 0. The number of nitrogens with zero attached hydrogens (tertiary/aromatic N) is 1. The second-order valence-electron chi connectivity index (χ2n) is 3.19. The number of carboxylic acids is 1. The number of hydrogen-bond donors (Lipinski definition) is 2. The van der Waals surface area contributed by atoms with Gasteiger partial charge in [0.2, 0.25) is 0 Å². The molecule has 0 rings (SSSR count). The molecule has 0 saturated heterocycles. The predicted molar refractivity (Wildman–Crippen MR) is 60.2 cm³/mol. The second kappa shape index (κ2) is 9.69. The van der Waals surface area contributed by atoms with E-state index in [0.29, 0.717) is 0 Å². The van der Waals surface area contributed by atoms with Crippen LogP contribution in [0.4, 0.5) is 13.2 Å². The molecule has 0 bridgehead atoms. The quantitative estimate of drug-likeness (QED) is 0.786. The highest BCUT2D eigenvalue weighted by Gasteiger charge is 2.38. The summed E-state index contributed by atoms with van der Waals surface area (Å²) in [7, 11) is 0. The number of amides is 1. The molecule has 18 heavy (non-hydrogen) atoms. The molecule has 8 heteroatoms. The molecule has 1 amide bonds. The normalized spacial score (nSPS) is 10.6. The standard InChI is InChI=1S/C6H15N.C4H4F3NO3/c1-4-7(5-2)6-3;5-4(6,7)3(11)8-1-2(9)10/h4-6H2,1-3H3;1H2,(H,8,11)(H,9,10). The van der Waals surface area contributed by atoms with Crippen molar-refractivity contribution >= 4 is 11.9 Å². The Balaban J connectivity index is 0. The lowest BCUT2D eigenvalue weighted by Crippen LogP contribution is -2.39. The highest BCUT2D eigenvalue weighted by Crippen LogP contribution is 2.13. The van der Waals surface area contributed by atoms with Gasteiger partial charge in [-0.15, -0.1) is 0 Å². The van der Waals surface area contributed by atoms with Gasteiger partial charge in [0.25, 0.3) is 0 Å². The number of carbonyl (C=O) groups excluding carboxylic acids is 1. The summed E-state index contributed by atoms with van der Waals surface area (Å²) in [5, 5.41) is 9.00. The Morgan fingerprint density at radius 3 is 1.67 bits per heavy atom. The third-order valence-corrected chi connectivity index (χ3v) is 2.00. The number of carboxylic acid groups (broad SMARTS) is 1. The Morgan fingerprint density at radius 1 is 1.11 bits per heavy atom. The molecule has 0 aromatic rings. The number of hydrogen-bond acceptors (Lipinski definition) is 3. The fraction of sp³-hybridized carbons (Fsp3) is 0.800. The van der Waals surface area contributed by atoms with Crippen LogP contribution in [0.5, 0.6) is 0 Å². The van der Waals surface area contributed by atoms with Crippen LogP contribution in [0, 0.1) is 0 Å². The SMILES string of the molecule is CCN(CC)CC.O=C(O)CNC(=O)C(F)(F)F. The summed E-state index contributed by atoms with van der Waals surface area (Å²) in [6.45, 7) is 9.10. The molecule has 5 nitrogen and oxygen atoms in total. The molecular weight excluding hydrogens is 253 g/mol. The van der Waals surface area contributed by atoms with Crippen LogP contribution in [0.2, 0.25) is 0 Å². The van der Waals surface area contributed by atoms with Crippen molar-refractivity contribution in [3.63, 3.8) is 0 Å². The number of aliphatic carboxylic acids is 1. The summed E-state index contributed by atoms with van der Waals surface area (Å²) < 4.78 is 33.9. The number of rotatable bonds is 5. The number of halogens is 3. The molecule has 0 aromatic heterocycles. The van der Waals surface area contributed by atoms with Crippen molar-refractivity contribution in [2.24, 2.45) is 0 Å². The Hall–Kier alpha value is -1.31. The fourth-order valence-electron chi connectivity index (χ4n) is 0.927. The van der Waals surface area contributed by atoms with Gasteiger partial charge in [-0.1, -0.05) is 20.8 Å². The minimum absolute atomic E-state index is 1.03. The van der Waals surface area contributed by atoms with Gasteiger partial charge in [0.15, 0.2) is 0 Å². The lowest BCUT2D eigenvalue weighted by molar-refractivity contribution is -0.174. The van der Waals surface area contributed by atoms with Crippen molar-refractivity contribution in [1.82, 2.24) is 10.2 Å². The van der Waals surface area contributed by atoms with Gasteiger partial charge < -0.3 is 15.3 Å². The molecule has 108 valence electrons. The lowest BCUT2D eigenvalue weighted by Gasteiger charge is -2.13. The largest absolute Gasteiger partial charge is 0.480 e. The molecule has 0 heterocycles. The molecule has 0 saturated carbocycles. The van der Waals surface area contributed by atoms with Gasteiger partial charge in [0.05, 0.1) is 0 Å². The van der Waals surface area contributed by atoms with Crippen molar-refractivity contribution in [2.45, 2.75) is 26.9 Å². The first-order chi connectivity index (χ1) is 8.18. The van der Waals surface area contributed by atoms with E-state index >= 15 is 0 Å². The summed E-state index contributed by atoms with van der Waals surface area (Å²) in [5.41, 5.74) is 0. The molecule has 2 N–H and O–H groups in total. The summed E-state index contributed by atoms with van der Waals surface area (Å²) in [4.78, 5) is 21.9. The minimum Gasteiger partial charge on any atom is -0.480 e. The van der Waals surface area contributed by atoms with Gasteiger partial charge in [0.1, 0.15) is 6.54 Å². The van der Waals surface area contributed by atoms with E-state index in [9.17, 15) is 22.8 Å². The Bertz CT molecular complexity index is 248. The zero-order valence-electron chi connectivity index (χ0n) is 10.7. The molecule has 0 unspecified atom stereocenters. The van der Waals surface area contributed by atoms with Crippen LogP contribution < -0.4 is 5.32 Å². The zero-order chi connectivity index (χ0) is 14.8. The van der Waals surface area contributed by atoms with E-state index in [-0.39, 0.29) is 0 Å². The summed E-state index contributed by atoms with van der Waals surface area (Å²) in [5.74, 6) is -3.78. The minimum atomic E-state index is -5.02. The maximum atomic E-state index is 11.3. The van der Waals surface area contributed by atoms with E-state index in [1.807, 2.05) is 0 Å². The van der Waals surface area contributed by atoms with Crippen LogP contribution in [-0.2, 0) is 9.59 Å². The lowest BCUT2D eigenvalue weighted by atomic mass is 10.5. The Kier molecular flexibility index (Phi) is 10.3. The van der Waals surface area contributed by atoms with E-state index in [1.165, 1.54) is 19.6 Å². The van der Waals surface area contributed by atoms with E-state index in [0.717, 1.165) is 5.32 Å². The molecule has 0 atom stereocenters. The van der Waals surface area contributed by atoms with Crippen molar-refractivity contribution < 1.29 is 27.9 Å². The molecule has 0 spiro atoms. The van der Waals surface area contributed by atoms with Gasteiger partial charge in [-0.2, -0.15) is 13.2 Å². The molecule has 0 aliphatic carbocycles. The van der Waals surface area contributed by atoms with Gasteiger partial charge in [-0.05, 0) is 19.6 Å². The van der Waals surface area contributed by atoms with Crippen molar-refractivity contribution in [1.29, 1.82) is 0 Å². The van der Waals surface area contributed by atoms with Crippen LogP contribution in [0.15, 0.2) is 0 Å². The van der Waals surface area contributed by atoms with Crippen molar-refractivity contribution in [3.05, 3.63) is 0 Å². The van der Waals surface area contributed by atoms with Crippen LogP contribution in [-0.4, -0.2) is 54.2 Å². The highest BCUT2D eigenvalue weighted by atomic mass is 19.4. The summed E-state index contributed by atoms with van der Waals surface area (Å²) in [6, 6.07) is 0. The second-order valence-corrected chi connectivity index (χ2v) is 3.19. The van der Waals surface area contributed by atoms with E-state index in [4.69, 9.17) is 5.11 Å². The van der Waals surface area contributed by atoms with Gasteiger partial charge in [0, 0.05) is 0 Å². The zero-order valence-corrected chi connectivity index (χ0v) is 10.7. The van der Waals surface area contributed by atoms with Gasteiger partial charge >= 0.3 is 18.1 Å². The highest BCUT2D eigenvalue weighted by molar-refractivity contribution is 5.85. The first-order valence-corrected chi connectivity index (χ1v) is 5.48. The number of carbonyl (C=O) groups is 2. The Labute approximate surface area is 104 Å². The van der Waals surface area contributed by atoms with E-state index in [1.54, 1.807) is 0 Å². The average Bonchev–Trinajstić information content (AvgIpc) is 2.27. The first kappa shape index (κ1) is 19.0. The van der Waals surface area contributed by atoms with Gasteiger partial charge in [-0.3, -0.25) is 9.59 Å². The third kappa shape index (κ3) is 11.2. The molecule has 0 aliphatic heterocycles. The monoisotopic (exact) mass is 272 g/mol. The maximum absolute atomic E-state index is 11.3. The molecular formula is C10H19F3N2O3. The smallest absolute Gasteiger partial charge is 0.471 e. The van der Waals surface area contributed by atoms with E-state index < -0.39 is 24.6 Å². The van der Waals surface area contributed by atoms with Crippen molar-refractivity contribution in [2.75, 3.05) is 26.2 Å². The average molecular weight is 272 g/mol. The van der Waals surface area contributed by atoms with E-state index in [2.05, 4.69) is 25.7 Å². The number of nitrogens with one attached hydrogen (secondary N) is 1. The topological polar surface area (TPSA) is 69.6 Å². The molecule has 0 aliphatic rings. The fourth-order valence-corrected chi connectivity index (χ4v) is 0.927. The molecule has 0 aromatic carbocycles. The van der Waals surface area contributed by atoms with Crippen LogP contribution >= 0.6 is 0 Å². The van der Waals surface area contributed by atoms with Gasteiger partial charge in [-0.25, -0.2) is 0 Å². The van der Waals surface area contributed by atoms with Crippen LogP contribution in [0.25, 0.3) is 0 Å².